The van der Waals surface area contributed by atoms with Crippen LogP contribution in [0.15, 0.2) is 49.1 Å². The third-order valence-corrected chi connectivity index (χ3v) is 2.25. The number of nitrogens with two attached hydrogens (primary N) is 1. The highest BCUT2D eigenvalue weighted by Crippen LogP contribution is 2.15. The van der Waals surface area contributed by atoms with E-state index in [0.717, 1.165) is 0 Å². The van der Waals surface area contributed by atoms with Crippen LogP contribution in [-0.2, 0) is 0 Å². The van der Waals surface area contributed by atoms with E-state index in [4.69, 9.17) is 5.73 Å². The lowest BCUT2D eigenvalue weighted by atomic mass is 10.1. The van der Waals surface area contributed by atoms with E-state index in [1.54, 1.807) is 6.20 Å². The summed E-state index contributed by atoms with van der Waals surface area (Å²) in [5.74, 6) is 0. The van der Waals surface area contributed by atoms with E-state index in [-0.39, 0.29) is 4.32 Å². The Balaban J connectivity index is 0.000000317. The predicted octanol–water partition coefficient (Wildman–Crippen LogP) is 2.65. The minimum Gasteiger partial charge on any atom is -0.385 e. The van der Waals surface area contributed by atoms with Crippen LogP contribution in [0.4, 0.5) is 0 Å². The number of imidazole rings is 1. The molecule has 0 aliphatic heterocycles. The molecule has 1 heterocycles. The Morgan fingerprint density at radius 1 is 1.41 bits per heavy atom. The molecule has 0 aliphatic carbocycles. The van der Waals surface area contributed by atoms with E-state index in [0.29, 0.717) is 6.04 Å². The van der Waals surface area contributed by atoms with Gasteiger partial charge in [-0.25, -0.2) is 4.98 Å². The molecular weight excluding hydrogens is 250 g/mol. The second-order valence-electron chi connectivity index (χ2n) is 3.43. The molecule has 0 saturated heterocycles. The Hall–Kier alpha value is -1.33. The van der Waals surface area contributed by atoms with Gasteiger partial charge in [-0.2, -0.15) is 0 Å². The van der Waals surface area contributed by atoms with Gasteiger partial charge >= 0.3 is 0 Å². The maximum atomic E-state index is 4.71. The summed E-state index contributed by atoms with van der Waals surface area (Å²) in [5, 5.41) is 0. The van der Waals surface area contributed by atoms with Crippen LogP contribution in [0.2, 0.25) is 0 Å². The quantitative estimate of drug-likeness (QED) is 0.648. The Kier molecular flexibility index (Phi) is 5.72. The van der Waals surface area contributed by atoms with Crippen molar-refractivity contribution < 1.29 is 0 Å². The molecule has 1 unspecified atom stereocenters. The van der Waals surface area contributed by atoms with Crippen molar-refractivity contribution in [3.63, 3.8) is 0 Å². The van der Waals surface area contributed by atoms with Crippen LogP contribution in [-0.4, -0.2) is 13.9 Å². The summed E-state index contributed by atoms with van der Waals surface area (Å²) in [7, 11) is 0. The van der Waals surface area contributed by atoms with Crippen molar-refractivity contribution in [1.29, 1.82) is 0 Å². The molecule has 2 aromatic rings. The molecule has 1 aromatic carbocycles. The molecule has 17 heavy (non-hydrogen) atoms. The maximum Gasteiger partial charge on any atom is 0.128 e. The zero-order valence-electron chi connectivity index (χ0n) is 9.52. The van der Waals surface area contributed by atoms with Crippen molar-refractivity contribution in [1.82, 2.24) is 9.55 Å². The van der Waals surface area contributed by atoms with Crippen molar-refractivity contribution in [2.24, 2.45) is 5.73 Å². The minimum atomic E-state index is 0.194. The standard InChI is InChI=1S/C11H12N2.CH3NS2/c1-10(13-8-7-12-9-13)11-5-3-2-4-6-11;2-1(3)4/h2-10H,1H3;(H3,2,3,4). The fourth-order valence-electron chi connectivity index (χ4n) is 1.40. The minimum absolute atomic E-state index is 0.194. The van der Waals surface area contributed by atoms with Gasteiger partial charge in [0.2, 0.25) is 0 Å². The maximum absolute atomic E-state index is 4.71. The van der Waals surface area contributed by atoms with E-state index in [2.05, 4.69) is 65.6 Å². The van der Waals surface area contributed by atoms with Gasteiger partial charge in [0, 0.05) is 12.4 Å². The van der Waals surface area contributed by atoms with Gasteiger partial charge in [-0.3, -0.25) is 0 Å². The first kappa shape index (κ1) is 13.7. The highest BCUT2D eigenvalue weighted by molar-refractivity contribution is 8.10. The van der Waals surface area contributed by atoms with Crippen molar-refractivity contribution >= 4 is 29.2 Å². The summed E-state index contributed by atoms with van der Waals surface area (Å²) in [5.41, 5.74) is 6.01. The van der Waals surface area contributed by atoms with Gasteiger partial charge in [0.15, 0.2) is 0 Å². The molecule has 0 spiro atoms. The van der Waals surface area contributed by atoms with Crippen LogP contribution in [0.3, 0.4) is 0 Å². The van der Waals surface area contributed by atoms with Gasteiger partial charge in [0.05, 0.1) is 12.4 Å². The number of aromatic nitrogens is 2. The molecule has 1 aromatic heterocycles. The van der Waals surface area contributed by atoms with Crippen molar-refractivity contribution in [3.8, 4) is 0 Å². The molecule has 0 aliphatic rings. The van der Waals surface area contributed by atoms with Gasteiger partial charge in [0.1, 0.15) is 4.32 Å². The molecular formula is C12H15N3S2. The summed E-state index contributed by atoms with van der Waals surface area (Å²) in [6, 6.07) is 10.8. The summed E-state index contributed by atoms with van der Waals surface area (Å²) < 4.78 is 2.29. The largest absolute Gasteiger partial charge is 0.385 e. The first-order valence-electron chi connectivity index (χ1n) is 5.12. The third-order valence-electron chi connectivity index (χ3n) is 2.25. The first-order valence-corrected chi connectivity index (χ1v) is 5.97. The Morgan fingerprint density at radius 2 is 2.00 bits per heavy atom. The molecule has 1 atom stereocenters. The highest BCUT2D eigenvalue weighted by atomic mass is 32.1. The molecule has 0 radical (unpaired) electrons. The smallest absolute Gasteiger partial charge is 0.128 e. The van der Waals surface area contributed by atoms with E-state index in [1.165, 1.54) is 5.56 Å². The number of thiocarbonyl (C=S) groups is 1. The number of hydrogen-bond acceptors (Lipinski definition) is 2. The lowest BCUT2D eigenvalue weighted by Crippen LogP contribution is -2.03. The molecule has 2 rings (SSSR count). The Labute approximate surface area is 112 Å². The third kappa shape index (κ3) is 5.01. The van der Waals surface area contributed by atoms with Gasteiger partial charge in [-0.15, -0.1) is 12.6 Å². The summed E-state index contributed by atoms with van der Waals surface area (Å²) in [6.45, 7) is 2.16. The molecule has 90 valence electrons. The topological polar surface area (TPSA) is 43.8 Å². The van der Waals surface area contributed by atoms with Crippen molar-refractivity contribution in [2.75, 3.05) is 0 Å². The number of thiol groups is 1. The Bertz CT molecular complexity index is 436. The predicted molar refractivity (Wildman–Crippen MR) is 78.3 cm³/mol. The SMILES string of the molecule is CC(c1ccccc1)n1ccnc1.NC(=S)S. The van der Waals surface area contributed by atoms with E-state index >= 15 is 0 Å². The highest BCUT2D eigenvalue weighted by Gasteiger charge is 2.04. The molecule has 2 N–H and O–H groups in total. The molecule has 0 amide bonds. The van der Waals surface area contributed by atoms with E-state index < -0.39 is 0 Å². The van der Waals surface area contributed by atoms with Gasteiger partial charge in [-0.05, 0) is 12.5 Å². The molecule has 0 saturated carbocycles. The van der Waals surface area contributed by atoms with E-state index in [1.807, 2.05) is 18.6 Å². The summed E-state index contributed by atoms with van der Waals surface area (Å²) in [4.78, 5) is 4.03. The number of rotatable bonds is 2. The first-order chi connectivity index (χ1) is 8.11. The second-order valence-corrected chi connectivity index (χ2v) is 4.66. The van der Waals surface area contributed by atoms with Gasteiger partial charge in [-0.1, -0.05) is 42.5 Å². The average Bonchev–Trinajstić information content (AvgIpc) is 2.82. The van der Waals surface area contributed by atoms with Crippen LogP contribution in [0, 0.1) is 0 Å². The molecule has 0 fully saturated rings. The lowest BCUT2D eigenvalue weighted by Gasteiger charge is -2.12. The van der Waals surface area contributed by atoms with Crippen LogP contribution in [0.25, 0.3) is 0 Å². The zero-order valence-corrected chi connectivity index (χ0v) is 11.2. The zero-order chi connectivity index (χ0) is 12.7. The van der Waals surface area contributed by atoms with Crippen molar-refractivity contribution in [2.45, 2.75) is 13.0 Å². The normalized spacial score (nSPS) is 11.2. The summed E-state index contributed by atoms with van der Waals surface area (Å²) in [6.07, 6.45) is 5.63. The molecule has 0 bridgehead atoms. The van der Waals surface area contributed by atoms with E-state index in [9.17, 15) is 0 Å². The monoisotopic (exact) mass is 265 g/mol. The second kappa shape index (κ2) is 7.09. The van der Waals surface area contributed by atoms with Gasteiger partial charge in [0.25, 0.3) is 0 Å². The van der Waals surface area contributed by atoms with Crippen LogP contribution in [0.1, 0.15) is 18.5 Å². The van der Waals surface area contributed by atoms with Gasteiger partial charge < -0.3 is 10.3 Å². The number of hydrogen-bond donors (Lipinski definition) is 2. The Morgan fingerprint density at radius 3 is 2.47 bits per heavy atom. The van der Waals surface area contributed by atoms with Crippen LogP contribution in [0.5, 0.6) is 0 Å². The fourth-order valence-corrected chi connectivity index (χ4v) is 1.40. The number of benzene rings is 1. The van der Waals surface area contributed by atoms with Crippen LogP contribution < -0.4 is 5.73 Å². The lowest BCUT2D eigenvalue weighted by molar-refractivity contribution is 0.638. The summed E-state index contributed by atoms with van der Waals surface area (Å²) >= 11 is 7.65. The average molecular weight is 265 g/mol. The molecule has 3 nitrogen and oxygen atoms in total. The molecule has 5 heteroatoms. The fraction of sp³-hybridized carbons (Fsp3) is 0.167. The number of nitrogens with zero attached hydrogens (tertiary/aromatic N) is 2. The van der Waals surface area contributed by atoms with Crippen LogP contribution >= 0.6 is 24.8 Å². The van der Waals surface area contributed by atoms with Crippen molar-refractivity contribution in [3.05, 3.63) is 54.6 Å².